The second-order valence-electron chi connectivity index (χ2n) is 25.2. The quantitative estimate of drug-likeness (QED) is 0.0169. The number of allylic oxidation sites excluding steroid dienone is 10. The van der Waals surface area contributed by atoms with Crippen LogP contribution in [0.25, 0.3) is 0 Å². The second kappa shape index (κ2) is 68.3. The molecule has 94 heavy (non-hydrogen) atoms. The van der Waals surface area contributed by atoms with Gasteiger partial charge in [-0.05, 0) is 83.5 Å². The number of ether oxygens (including phenoxy) is 4. The fraction of sp³-hybridized carbons (Fsp3) is 0.813. The zero-order valence-electron chi connectivity index (χ0n) is 59.6. The summed E-state index contributed by atoms with van der Waals surface area (Å²) in [5.74, 6) is -2.18. The number of phosphoric ester groups is 2. The lowest BCUT2D eigenvalue weighted by molar-refractivity contribution is -0.161. The van der Waals surface area contributed by atoms with E-state index in [9.17, 15) is 43.2 Å². The number of esters is 4. The van der Waals surface area contributed by atoms with Crippen LogP contribution in [0.3, 0.4) is 0 Å². The first-order valence-corrected chi connectivity index (χ1v) is 40.5. The maximum atomic E-state index is 13.1. The van der Waals surface area contributed by atoms with Gasteiger partial charge in [0.1, 0.15) is 19.3 Å². The minimum absolute atomic E-state index is 0.0896. The molecule has 0 saturated heterocycles. The Kier molecular flexibility index (Phi) is 65.9. The summed E-state index contributed by atoms with van der Waals surface area (Å²) in [4.78, 5) is 72.7. The van der Waals surface area contributed by atoms with Gasteiger partial charge in [0.2, 0.25) is 0 Å². The molecule has 0 aromatic carbocycles. The summed E-state index contributed by atoms with van der Waals surface area (Å²) >= 11 is 0. The molecule has 0 spiro atoms. The molecule has 5 atom stereocenters. The maximum Gasteiger partial charge on any atom is 0.472 e. The van der Waals surface area contributed by atoms with E-state index in [1.807, 2.05) is 0 Å². The molecular formula is C75H136O17P2. The van der Waals surface area contributed by atoms with Gasteiger partial charge in [0.15, 0.2) is 12.2 Å². The molecule has 0 rings (SSSR count). The van der Waals surface area contributed by atoms with Crippen molar-refractivity contribution < 1.29 is 80.2 Å². The number of phosphoric acid groups is 2. The van der Waals surface area contributed by atoms with Crippen molar-refractivity contribution in [1.29, 1.82) is 0 Å². The third kappa shape index (κ3) is 67.3. The highest BCUT2D eigenvalue weighted by molar-refractivity contribution is 7.47. The van der Waals surface area contributed by atoms with E-state index < -0.39 is 97.5 Å². The number of unbranched alkanes of at least 4 members (excludes halogenated alkanes) is 35. The molecule has 0 amide bonds. The van der Waals surface area contributed by atoms with E-state index in [0.717, 1.165) is 135 Å². The highest BCUT2D eigenvalue weighted by Gasteiger charge is 2.30. The maximum absolute atomic E-state index is 13.1. The second-order valence-corrected chi connectivity index (χ2v) is 28.1. The molecule has 0 heterocycles. The first-order valence-electron chi connectivity index (χ1n) is 37.5. The zero-order valence-corrected chi connectivity index (χ0v) is 61.4. The molecule has 3 N–H and O–H groups in total. The summed E-state index contributed by atoms with van der Waals surface area (Å²) in [5, 5.41) is 10.6. The van der Waals surface area contributed by atoms with Gasteiger partial charge in [-0.3, -0.25) is 37.3 Å². The zero-order chi connectivity index (χ0) is 69.0. The standard InChI is InChI=1S/C75H136O17P2/c1-5-9-13-17-21-25-29-32-33-34-35-38-41-44-48-52-56-60-73(78)86-66-71(92-75(80)62-58-54-50-46-42-37-31-27-23-19-15-11-7-3)68-90-94(83,84)88-64-69(76)63-87-93(81,82)89-67-70(91-74(79)61-57-53-49-45-39-28-24-20-16-12-8-4)65-85-72(77)59-55-51-47-43-40-36-30-26-22-18-14-10-6-2/h9,13,20-21,24-25,32-33,35,38,69-71,76H,5-8,10-12,14-19,22-23,26-31,34,36-37,39-68H2,1-4H3,(H,81,82)(H,83,84)/b13-9-,24-20-,25-21-,33-32-,38-35-. The number of hydrogen-bond acceptors (Lipinski definition) is 15. The van der Waals surface area contributed by atoms with E-state index in [-0.39, 0.29) is 25.7 Å². The molecule has 5 unspecified atom stereocenters. The Morgan fingerprint density at radius 1 is 0.309 bits per heavy atom. The predicted molar refractivity (Wildman–Crippen MR) is 381 cm³/mol. The topological polar surface area (TPSA) is 237 Å². The Hall–Kier alpha value is -3.24. The van der Waals surface area contributed by atoms with Gasteiger partial charge in [0.25, 0.3) is 0 Å². The average Bonchev–Trinajstić information content (AvgIpc) is 2.15. The van der Waals surface area contributed by atoms with E-state index in [0.29, 0.717) is 25.7 Å². The van der Waals surface area contributed by atoms with Gasteiger partial charge >= 0.3 is 39.5 Å². The van der Waals surface area contributed by atoms with Gasteiger partial charge < -0.3 is 33.8 Å². The number of aliphatic hydroxyl groups is 1. The van der Waals surface area contributed by atoms with Crippen molar-refractivity contribution in [3.63, 3.8) is 0 Å². The van der Waals surface area contributed by atoms with Crippen LogP contribution in [-0.2, 0) is 65.4 Å². The predicted octanol–water partition coefficient (Wildman–Crippen LogP) is 21.1. The molecule has 0 fully saturated rings. The minimum Gasteiger partial charge on any atom is -0.462 e. The molecule has 0 saturated carbocycles. The Morgan fingerprint density at radius 2 is 0.564 bits per heavy atom. The minimum atomic E-state index is -4.97. The molecule has 0 aromatic heterocycles. The van der Waals surface area contributed by atoms with Crippen molar-refractivity contribution in [1.82, 2.24) is 0 Å². The summed E-state index contributed by atoms with van der Waals surface area (Å²) in [6.45, 7) is 4.73. The monoisotopic (exact) mass is 1370 g/mol. The van der Waals surface area contributed by atoms with Crippen LogP contribution in [0.4, 0.5) is 0 Å². The molecule has 0 radical (unpaired) electrons. The van der Waals surface area contributed by atoms with Gasteiger partial charge in [-0.2, -0.15) is 0 Å². The number of aliphatic hydroxyl groups excluding tert-OH is 1. The Bertz CT molecular complexity index is 2030. The van der Waals surface area contributed by atoms with E-state index in [1.165, 1.54) is 122 Å². The van der Waals surface area contributed by atoms with Crippen molar-refractivity contribution >= 4 is 39.5 Å². The highest BCUT2D eigenvalue weighted by Crippen LogP contribution is 2.45. The average molecular weight is 1370 g/mol. The first kappa shape index (κ1) is 90.8. The molecule has 0 aliphatic carbocycles. The van der Waals surface area contributed by atoms with Crippen molar-refractivity contribution in [2.45, 2.75) is 354 Å². The van der Waals surface area contributed by atoms with Crippen LogP contribution >= 0.6 is 15.6 Å². The first-order chi connectivity index (χ1) is 45.7. The van der Waals surface area contributed by atoms with E-state index >= 15 is 0 Å². The van der Waals surface area contributed by atoms with Gasteiger partial charge in [0.05, 0.1) is 26.4 Å². The van der Waals surface area contributed by atoms with Crippen molar-refractivity contribution in [2.75, 3.05) is 39.6 Å². The Labute approximate surface area is 571 Å². The third-order valence-electron chi connectivity index (χ3n) is 16.0. The van der Waals surface area contributed by atoms with Gasteiger partial charge in [-0.15, -0.1) is 0 Å². The molecule has 19 heteroatoms. The molecule has 0 aliphatic rings. The van der Waals surface area contributed by atoms with Crippen LogP contribution in [0.2, 0.25) is 0 Å². The molecular weight excluding hydrogens is 1230 g/mol. The fourth-order valence-corrected chi connectivity index (χ4v) is 11.8. The van der Waals surface area contributed by atoms with Gasteiger partial charge in [-0.1, -0.05) is 288 Å². The van der Waals surface area contributed by atoms with Crippen LogP contribution in [0.5, 0.6) is 0 Å². The Balaban J connectivity index is 5.30. The molecule has 0 aliphatic heterocycles. The SMILES string of the molecule is CC/C=C\C/C=C\C/C=C\C/C=C\CCCCCCC(=O)OCC(COP(=O)(O)OCC(O)COP(=O)(O)OCC(COC(=O)CCCCCCCCCCCCCCC)OC(=O)CCCCCCC/C=C\CCCC)OC(=O)CCCCCCCCCCCCCCC. The Morgan fingerprint density at radius 3 is 0.894 bits per heavy atom. The number of hydrogen-bond donors (Lipinski definition) is 3. The van der Waals surface area contributed by atoms with E-state index in [1.54, 1.807) is 0 Å². The normalized spacial score (nSPS) is 14.3. The van der Waals surface area contributed by atoms with Crippen LogP contribution in [-0.4, -0.2) is 96.7 Å². The lowest BCUT2D eigenvalue weighted by atomic mass is 10.0. The van der Waals surface area contributed by atoms with E-state index in [2.05, 4.69) is 88.5 Å². The van der Waals surface area contributed by atoms with Gasteiger partial charge in [-0.25, -0.2) is 9.13 Å². The third-order valence-corrected chi connectivity index (χ3v) is 17.9. The molecule has 548 valence electrons. The van der Waals surface area contributed by atoms with Crippen LogP contribution in [0.15, 0.2) is 60.8 Å². The number of carbonyl (C=O) groups excluding carboxylic acids is 4. The van der Waals surface area contributed by atoms with Gasteiger partial charge in [0, 0.05) is 25.7 Å². The van der Waals surface area contributed by atoms with E-state index in [4.69, 9.17) is 37.0 Å². The van der Waals surface area contributed by atoms with Crippen LogP contribution in [0, 0.1) is 0 Å². The fourth-order valence-electron chi connectivity index (χ4n) is 10.3. The van der Waals surface area contributed by atoms with Crippen LogP contribution in [0.1, 0.15) is 336 Å². The largest absolute Gasteiger partial charge is 0.472 e. The lowest BCUT2D eigenvalue weighted by Crippen LogP contribution is -2.30. The van der Waals surface area contributed by atoms with Crippen molar-refractivity contribution in [3.8, 4) is 0 Å². The molecule has 0 bridgehead atoms. The summed E-state index contributed by atoms with van der Waals surface area (Å²) in [7, 11) is -9.93. The van der Waals surface area contributed by atoms with Crippen molar-refractivity contribution in [2.24, 2.45) is 0 Å². The number of rotatable bonds is 71. The molecule has 0 aromatic rings. The van der Waals surface area contributed by atoms with Crippen molar-refractivity contribution in [3.05, 3.63) is 60.8 Å². The summed E-state index contributed by atoms with van der Waals surface area (Å²) in [6.07, 6.45) is 65.0. The highest BCUT2D eigenvalue weighted by atomic mass is 31.2. The summed E-state index contributed by atoms with van der Waals surface area (Å²) in [6, 6.07) is 0. The summed E-state index contributed by atoms with van der Waals surface area (Å²) in [5.41, 5.74) is 0. The summed E-state index contributed by atoms with van der Waals surface area (Å²) < 4.78 is 68.4. The lowest BCUT2D eigenvalue weighted by Gasteiger charge is -2.21. The van der Waals surface area contributed by atoms with Crippen LogP contribution < -0.4 is 0 Å². The molecule has 17 nitrogen and oxygen atoms in total. The number of carbonyl (C=O) groups is 4. The smallest absolute Gasteiger partial charge is 0.462 e.